The smallest absolute Gasteiger partial charge is 0.259 e. The Labute approximate surface area is 212 Å². The van der Waals surface area contributed by atoms with Crippen LogP contribution in [-0.4, -0.2) is 64.7 Å². The summed E-state index contributed by atoms with van der Waals surface area (Å²) in [5.41, 5.74) is 3.91. The molecule has 0 saturated carbocycles. The van der Waals surface area contributed by atoms with E-state index in [1.54, 1.807) is 23.2 Å². The Morgan fingerprint density at radius 1 is 1.19 bits per heavy atom. The lowest BCUT2D eigenvalue weighted by Gasteiger charge is -2.37. The molecule has 3 atom stereocenters. The summed E-state index contributed by atoms with van der Waals surface area (Å²) in [4.78, 5) is 22.0. The second kappa shape index (κ2) is 11.2. The van der Waals surface area contributed by atoms with Crippen molar-refractivity contribution < 1.29 is 19.0 Å². The number of aliphatic hydroxyl groups is 1. The number of amides is 1. The molecule has 1 amide bonds. The summed E-state index contributed by atoms with van der Waals surface area (Å²) in [6.07, 6.45) is 1.44. The molecule has 1 aliphatic heterocycles. The average molecular weight is 492 g/mol. The summed E-state index contributed by atoms with van der Waals surface area (Å²) < 4.78 is 20.6. The van der Waals surface area contributed by atoms with E-state index in [-0.39, 0.29) is 42.3 Å². The molecule has 1 aromatic heterocycles. The Kier molecular flexibility index (Phi) is 8.01. The number of aryl methyl sites for hydroxylation is 1. The van der Waals surface area contributed by atoms with Gasteiger partial charge in [0, 0.05) is 42.9 Å². The Balaban J connectivity index is 1.67. The Morgan fingerprint density at radius 2 is 1.92 bits per heavy atom. The van der Waals surface area contributed by atoms with Crippen LogP contribution in [0.2, 0.25) is 0 Å². The van der Waals surface area contributed by atoms with Gasteiger partial charge < -0.3 is 14.7 Å². The van der Waals surface area contributed by atoms with Crippen LogP contribution in [0.25, 0.3) is 11.1 Å². The highest BCUT2D eigenvalue weighted by Gasteiger charge is 2.34. The van der Waals surface area contributed by atoms with Gasteiger partial charge in [-0.2, -0.15) is 0 Å². The summed E-state index contributed by atoms with van der Waals surface area (Å²) >= 11 is 0. The van der Waals surface area contributed by atoms with Crippen LogP contribution in [0.15, 0.2) is 60.8 Å². The molecule has 2 heterocycles. The van der Waals surface area contributed by atoms with Crippen molar-refractivity contribution in [2.75, 3.05) is 26.7 Å². The number of hydrogen-bond acceptors (Lipinski definition) is 5. The highest BCUT2D eigenvalue weighted by atomic mass is 19.1. The van der Waals surface area contributed by atoms with E-state index in [2.05, 4.69) is 4.98 Å². The molecule has 4 rings (SSSR count). The predicted molar refractivity (Wildman–Crippen MR) is 138 cm³/mol. The maximum Gasteiger partial charge on any atom is 0.259 e. The minimum atomic E-state index is -0.357. The van der Waals surface area contributed by atoms with Crippen molar-refractivity contribution in [3.8, 4) is 17.0 Å². The number of halogens is 1. The number of carbonyl (C=O) groups excluding carboxylic acids is 1. The number of likely N-dealkylation sites (N-methyl/N-ethyl adjacent to an activating group) is 1. The number of ether oxygens (including phenoxy) is 1. The van der Waals surface area contributed by atoms with E-state index in [0.717, 1.165) is 16.7 Å². The zero-order valence-electron chi connectivity index (χ0n) is 21.3. The third-order valence-corrected chi connectivity index (χ3v) is 6.87. The van der Waals surface area contributed by atoms with Crippen LogP contribution in [0.5, 0.6) is 5.88 Å². The van der Waals surface area contributed by atoms with E-state index in [9.17, 15) is 14.3 Å². The molecule has 2 aromatic carbocycles. The number of hydrogen-bond donors (Lipinski definition) is 1. The molecule has 0 bridgehead atoms. The maximum absolute atomic E-state index is 14.2. The van der Waals surface area contributed by atoms with Crippen LogP contribution in [0.3, 0.4) is 0 Å². The van der Waals surface area contributed by atoms with Gasteiger partial charge in [0.15, 0.2) is 0 Å². The second-order valence-corrected chi connectivity index (χ2v) is 9.80. The lowest BCUT2D eigenvalue weighted by molar-refractivity contribution is 0.0324. The Morgan fingerprint density at radius 3 is 2.64 bits per heavy atom. The second-order valence-electron chi connectivity index (χ2n) is 9.80. The topological polar surface area (TPSA) is 65.9 Å². The third kappa shape index (κ3) is 5.58. The summed E-state index contributed by atoms with van der Waals surface area (Å²) in [5, 5.41) is 9.89. The van der Waals surface area contributed by atoms with Crippen molar-refractivity contribution in [1.82, 2.24) is 14.8 Å². The first kappa shape index (κ1) is 25.8. The Hall–Kier alpha value is -3.29. The number of rotatable bonds is 7. The van der Waals surface area contributed by atoms with E-state index in [4.69, 9.17) is 4.74 Å². The largest absolute Gasteiger partial charge is 0.472 e. The van der Waals surface area contributed by atoms with E-state index < -0.39 is 0 Å². The molecule has 6 nitrogen and oxygen atoms in total. The van der Waals surface area contributed by atoms with Gasteiger partial charge in [-0.15, -0.1) is 0 Å². The minimum Gasteiger partial charge on any atom is -0.472 e. The van der Waals surface area contributed by atoms with Gasteiger partial charge in [-0.3, -0.25) is 9.69 Å². The van der Waals surface area contributed by atoms with E-state index in [0.29, 0.717) is 30.8 Å². The number of nitrogens with zero attached hydrogens (tertiary/aromatic N) is 3. The van der Waals surface area contributed by atoms with Gasteiger partial charge in [-0.1, -0.05) is 49.4 Å². The monoisotopic (exact) mass is 491 g/mol. The fraction of sp³-hybridized carbons (Fsp3) is 0.379. The van der Waals surface area contributed by atoms with Gasteiger partial charge in [0.1, 0.15) is 17.5 Å². The van der Waals surface area contributed by atoms with Crippen molar-refractivity contribution in [3.63, 3.8) is 0 Å². The number of aromatic nitrogens is 1. The zero-order valence-corrected chi connectivity index (χ0v) is 21.3. The first-order valence-corrected chi connectivity index (χ1v) is 12.3. The summed E-state index contributed by atoms with van der Waals surface area (Å²) in [7, 11) is 1.93. The van der Waals surface area contributed by atoms with Crippen LogP contribution in [0.4, 0.5) is 4.39 Å². The molecular weight excluding hydrogens is 457 g/mol. The highest BCUT2D eigenvalue weighted by Crippen LogP contribution is 2.31. The third-order valence-electron chi connectivity index (χ3n) is 6.87. The van der Waals surface area contributed by atoms with E-state index >= 15 is 0 Å². The number of carbonyl (C=O) groups is 1. The molecule has 3 aromatic rings. The van der Waals surface area contributed by atoms with Crippen LogP contribution in [0, 0.1) is 18.7 Å². The van der Waals surface area contributed by atoms with Gasteiger partial charge in [-0.05, 0) is 44.2 Å². The molecule has 190 valence electrons. The van der Waals surface area contributed by atoms with Crippen molar-refractivity contribution in [3.05, 3.63) is 83.3 Å². The predicted octanol–water partition coefficient (Wildman–Crippen LogP) is 4.55. The normalized spacial score (nSPS) is 18.9. The van der Waals surface area contributed by atoms with Gasteiger partial charge in [0.2, 0.25) is 5.88 Å². The first-order valence-electron chi connectivity index (χ1n) is 12.3. The van der Waals surface area contributed by atoms with Gasteiger partial charge in [0.25, 0.3) is 5.91 Å². The molecule has 0 radical (unpaired) electrons. The van der Waals surface area contributed by atoms with Crippen LogP contribution < -0.4 is 4.74 Å². The maximum atomic E-state index is 14.2. The average Bonchev–Trinajstić information content (AvgIpc) is 2.87. The zero-order chi connectivity index (χ0) is 25.8. The number of aliphatic hydroxyl groups excluding tert-OH is 1. The van der Waals surface area contributed by atoms with Gasteiger partial charge >= 0.3 is 0 Å². The van der Waals surface area contributed by atoms with Crippen molar-refractivity contribution in [2.45, 2.75) is 39.5 Å². The molecule has 7 heteroatoms. The molecular formula is C29H34FN3O3. The fourth-order valence-corrected chi connectivity index (χ4v) is 4.65. The van der Waals surface area contributed by atoms with Gasteiger partial charge in [-0.25, -0.2) is 9.37 Å². The van der Waals surface area contributed by atoms with Crippen molar-refractivity contribution >= 4 is 5.91 Å². The molecule has 0 fully saturated rings. The number of fused-ring (bicyclic) bond motifs is 1. The Bertz CT molecular complexity index is 1220. The lowest BCUT2D eigenvalue weighted by atomic mass is 9.98. The standard InChI is InChI=1S/C29H34FN3O3/c1-19-9-5-7-11-24(19)23-13-25-28(31-14-23)36-27(20(2)15-33(29(25)35)21(3)18-34)17-32(4)16-22-10-6-8-12-26(22)30/h5-14,20-21,27,34H,15-18H2,1-4H3/t20-,21+,27-/m1/s1. The molecule has 0 unspecified atom stereocenters. The van der Waals surface area contributed by atoms with E-state index in [1.165, 1.54) is 6.07 Å². The summed E-state index contributed by atoms with van der Waals surface area (Å²) in [5.74, 6) is -0.208. The highest BCUT2D eigenvalue weighted by molar-refractivity contribution is 5.98. The lowest BCUT2D eigenvalue weighted by Crippen LogP contribution is -2.49. The number of benzene rings is 2. The molecule has 0 spiro atoms. The summed E-state index contributed by atoms with van der Waals surface area (Å²) in [6.45, 7) is 7.12. The first-order chi connectivity index (χ1) is 17.3. The quantitative estimate of drug-likeness (QED) is 0.525. The summed E-state index contributed by atoms with van der Waals surface area (Å²) in [6, 6.07) is 16.2. The SMILES string of the molecule is Cc1ccccc1-c1cnc2c(c1)C(=O)N([C@@H](C)CO)C[C@@H](C)[C@@H](CN(C)Cc1ccccc1F)O2. The minimum absolute atomic E-state index is 0.0444. The molecule has 1 aliphatic rings. The van der Waals surface area contributed by atoms with E-state index in [1.807, 2.05) is 69.1 Å². The van der Waals surface area contributed by atoms with Crippen LogP contribution >= 0.6 is 0 Å². The molecule has 0 aliphatic carbocycles. The molecule has 36 heavy (non-hydrogen) atoms. The molecule has 0 saturated heterocycles. The van der Waals surface area contributed by atoms with Gasteiger partial charge in [0.05, 0.1) is 12.6 Å². The van der Waals surface area contributed by atoms with Crippen LogP contribution in [0.1, 0.15) is 35.3 Å². The van der Waals surface area contributed by atoms with Crippen molar-refractivity contribution in [1.29, 1.82) is 0 Å². The van der Waals surface area contributed by atoms with Crippen molar-refractivity contribution in [2.24, 2.45) is 5.92 Å². The fourth-order valence-electron chi connectivity index (χ4n) is 4.65. The van der Waals surface area contributed by atoms with Crippen LogP contribution in [-0.2, 0) is 6.54 Å². The number of pyridine rings is 1. The molecule has 1 N–H and O–H groups in total.